The summed E-state index contributed by atoms with van der Waals surface area (Å²) >= 11 is 0. The Morgan fingerprint density at radius 1 is 1.06 bits per heavy atom. The second-order valence-electron chi connectivity index (χ2n) is 5.01. The molecule has 0 amide bonds. The van der Waals surface area contributed by atoms with E-state index in [0.717, 1.165) is 45.5 Å². The van der Waals surface area contributed by atoms with E-state index in [1.807, 2.05) is 0 Å². The summed E-state index contributed by atoms with van der Waals surface area (Å²) in [6.07, 6.45) is 1.09. The van der Waals surface area contributed by atoms with Crippen molar-refractivity contribution in [1.82, 2.24) is 14.7 Å². The average Bonchev–Trinajstić information content (AvgIpc) is 2.26. The molecule has 0 saturated carbocycles. The van der Waals surface area contributed by atoms with Gasteiger partial charge >= 0.3 is 0 Å². The van der Waals surface area contributed by atoms with Gasteiger partial charge in [-0.2, -0.15) is 8.42 Å². The maximum atomic E-state index is 10.8. The van der Waals surface area contributed by atoms with Crippen molar-refractivity contribution in [2.45, 2.75) is 0 Å². The first kappa shape index (κ1) is 15.8. The summed E-state index contributed by atoms with van der Waals surface area (Å²) in [6.45, 7) is 7.20. The van der Waals surface area contributed by atoms with Gasteiger partial charge in [-0.05, 0) is 14.1 Å². The van der Waals surface area contributed by atoms with Gasteiger partial charge in [-0.15, -0.1) is 0 Å². The molecule has 1 saturated heterocycles. The van der Waals surface area contributed by atoms with E-state index in [1.165, 1.54) is 0 Å². The van der Waals surface area contributed by atoms with Gasteiger partial charge in [-0.25, -0.2) is 0 Å². The molecule has 0 aromatic carbocycles. The largest absolute Gasteiger partial charge is 0.308 e. The molecule has 1 aliphatic rings. The second kappa shape index (κ2) is 7.40. The summed E-state index contributed by atoms with van der Waals surface area (Å²) in [5.74, 6) is 0. The highest BCUT2D eigenvalue weighted by atomic mass is 32.2. The third-order valence-electron chi connectivity index (χ3n) is 3.03. The molecule has 0 radical (unpaired) electrons. The van der Waals surface area contributed by atoms with Crippen molar-refractivity contribution < 1.29 is 12.6 Å². The molecule has 0 aromatic heterocycles. The van der Waals surface area contributed by atoms with Gasteiger partial charge in [-0.1, -0.05) is 0 Å². The summed E-state index contributed by atoms with van der Waals surface area (Å²) < 4.78 is 26.4. The van der Waals surface area contributed by atoms with Crippen molar-refractivity contribution in [2.75, 3.05) is 72.8 Å². The van der Waals surface area contributed by atoms with Crippen LogP contribution in [-0.4, -0.2) is 95.9 Å². The smallest absolute Gasteiger partial charge is 0.264 e. The zero-order chi connectivity index (χ0) is 13.6. The fourth-order valence-electron chi connectivity index (χ4n) is 1.90. The molecule has 0 aromatic rings. The zero-order valence-corrected chi connectivity index (χ0v) is 12.4. The lowest BCUT2D eigenvalue weighted by atomic mass is 10.3. The van der Waals surface area contributed by atoms with Gasteiger partial charge in [0.2, 0.25) is 0 Å². The van der Waals surface area contributed by atoms with Crippen molar-refractivity contribution in [3.8, 4) is 0 Å². The molecule has 0 N–H and O–H groups in total. The van der Waals surface area contributed by atoms with Crippen LogP contribution in [0.15, 0.2) is 0 Å². The summed E-state index contributed by atoms with van der Waals surface area (Å²) in [6, 6.07) is 0. The van der Waals surface area contributed by atoms with Crippen LogP contribution < -0.4 is 0 Å². The predicted octanol–water partition coefficient (Wildman–Crippen LogP) is -0.858. The van der Waals surface area contributed by atoms with Crippen LogP contribution in [0, 0.1) is 0 Å². The molecule has 7 heteroatoms. The van der Waals surface area contributed by atoms with Gasteiger partial charge in [0.25, 0.3) is 10.1 Å². The van der Waals surface area contributed by atoms with E-state index in [-0.39, 0.29) is 6.61 Å². The number of hydrogen-bond donors (Lipinski definition) is 0. The number of likely N-dealkylation sites (N-methyl/N-ethyl adjacent to an activating group) is 1. The predicted molar refractivity (Wildman–Crippen MR) is 72.2 cm³/mol. The van der Waals surface area contributed by atoms with Crippen LogP contribution >= 0.6 is 0 Å². The lowest BCUT2D eigenvalue weighted by Gasteiger charge is -2.34. The van der Waals surface area contributed by atoms with Gasteiger partial charge in [0.15, 0.2) is 0 Å². The van der Waals surface area contributed by atoms with E-state index >= 15 is 0 Å². The van der Waals surface area contributed by atoms with Crippen LogP contribution in [-0.2, 0) is 14.3 Å². The lowest BCUT2D eigenvalue weighted by Crippen LogP contribution is -2.48. The van der Waals surface area contributed by atoms with E-state index in [1.54, 1.807) is 0 Å². The molecule has 0 atom stereocenters. The Morgan fingerprint density at radius 2 is 1.56 bits per heavy atom. The molecule has 0 spiro atoms. The minimum Gasteiger partial charge on any atom is -0.308 e. The SMILES string of the molecule is CN(C)CCN1CCN(CCOS(C)(=O)=O)CC1. The number of piperazine rings is 1. The number of rotatable bonds is 7. The first-order valence-corrected chi connectivity index (χ1v) is 8.12. The van der Waals surface area contributed by atoms with Crippen LogP contribution in [0.4, 0.5) is 0 Å². The van der Waals surface area contributed by atoms with Crippen molar-refractivity contribution in [2.24, 2.45) is 0 Å². The second-order valence-corrected chi connectivity index (χ2v) is 6.66. The minimum absolute atomic E-state index is 0.260. The summed E-state index contributed by atoms with van der Waals surface area (Å²) in [7, 11) is 0.868. The van der Waals surface area contributed by atoms with Crippen molar-refractivity contribution >= 4 is 10.1 Å². The molecular formula is C11H25N3O3S. The molecule has 1 heterocycles. The lowest BCUT2D eigenvalue weighted by molar-refractivity contribution is 0.113. The Kier molecular flexibility index (Phi) is 6.51. The zero-order valence-electron chi connectivity index (χ0n) is 11.6. The van der Waals surface area contributed by atoms with Crippen molar-refractivity contribution in [3.63, 3.8) is 0 Å². The highest BCUT2D eigenvalue weighted by molar-refractivity contribution is 7.85. The average molecular weight is 279 g/mol. The van der Waals surface area contributed by atoms with E-state index in [2.05, 4.69) is 28.8 Å². The molecule has 0 unspecified atom stereocenters. The quantitative estimate of drug-likeness (QED) is 0.566. The summed E-state index contributed by atoms with van der Waals surface area (Å²) in [5.41, 5.74) is 0. The highest BCUT2D eigenvalue weighted by Crippen LogP contribution is 2.01. The van der Waals surface area contributed by atoms with Gasteiger partial charge in [-0.3, -0.25) is 14.0 Å². The van der Waals surface area contributed by atoms with Gasteiger partial charge in [0.05, 0.1) is 12.9 Å². The third-order valence-corrected chi connectivity index (χ3v) is 3.63. The Balaban J connectivity index is 2.12. The molecule has 1 rings (SSSR count). The Bertz CT molecular complexity index is 324. The Morgan fingerprint density at radius 3 is 2.00 bits per heavy atom. The van der Waals surface area contributed by atoms with Crippen LogP contribution in [0.1, 0.15) is 0 Å². The Labute approximate surface area is 111 Å². The normalized spacial score (nSPS) is 19.6. The third kappa shape index (κ3) is 7.27. The van der Waals surface area contributed by atoms with Gasteiger partial charge in [0.1, 0.15) is 0 Å². The molecule has 0 aliphatic carbocycles. The standard InChI is InChI=1S/C11H25N3O3S/c1-12(2)4-5-13-6-8-14(9-7-13)10-11-17-18(3,15)16/h4-11H2,1-3H3. The molecule has 0 bridgehead atoms. The molecule has 108 valence electrons. The van der Waals surface area contributed by atoms with Crippen LogP contribution in [0.3, 0.4) is 0 Å². The van der Waals surface area contributed by atoms with E-state index in [9.17, 15) is 8.42 Å². The van der Waals surface area contributed by atoms with Crippen molar-refractivity contribution in [3.05, 3.63) is 0 Å². The fourth-order valence-corrected chi connectivity index (χ4v) is 2.27. The van der Waals surface area contributed by atoms with Crippen LogP contribution in [0.2, 0.25) is 0 Å². The first-order valence-electron chi connectivity index (χ1n) is 6.30. The fraction of sp³-hybridized carbons (Fsp3) is 1.00. The monoisotopic (exact) mass is 279 g/mol. The van der Waals surface area contributed by atoms with Crippen molar-refractivity contribution in [1.29, 1.82) is 0 Å². The summed E-state index contributed by atoms with van der Waals surface area (Å²) in [5, 5.41) is 0. The first-order chi connectivity index (χ1) is 8.37. The van der Waals surface area contributed by atoms with Crippen LogP contribution in [0.5, 0.6) is 0 Å². The molecule has 6 nitrogen and oxygen atoms in total. The minimum atomic E-state index is -3.30. The molecule has 1 aliphatic heterocycles. The summed E-state index contributed by atoms with van der Waals surface area (Å²) in [4.78, 5) is 6.87. The van der Waals surface area contributed by atoms with Crippen LogP contribution in [0.25, 0.3) is 0 Å². The van der Waals surface area contributed by atoms with E-state index in [4.69, 9.17) is 4.18 Å². The van der Waals surface area contributed by atoms with E-state index < -0.39 is 10.1 Å². The topological polar surface area (TPSA) is 53.1 Å². The number of hydrogen-bond acceptors (Lipinski definition) is 6. The molecular weight excluding hydrogens is 254 g/mol. The molecule has 1 fully saturated rings. The maximum Gasteiger partial charge on any atom is 0.264 e. The highest BCUT2D eigenvalue weighted by Gasteiger charge is 2.16. The van der Waals surface area contributed by atoms with Gasteiger partial charge < -0.3 is 4.90 Å². The van der Waals surface area contributed by atoms with E-state index in [0.29, 0.717) is 6.54 Å². The number of nitrogens with zero attached hydrogens (tertiary/aromatic N) is 3. The maximum absolute atomic E-state index is 10.8. The Hall–Kier alpha value is -0.210. The molecule has 18 heavy (non-hydrogen) atoms. The van der Waals surface area contributed by atoms with Gasteiger partial charge in [0, 0.05) is 45.8 Å².